The zero-order valence-corrected chi connectivity index (χ0v) is 17.1. The molecule has 0 fully saturated rings. The Kier molecular flexibility index (Phi) is 6.12. The van der Waals surface area contributed by atoms with Crippen molar-refractivity contribution in [1.29, 1.82) is 0 Å². The summed E-state index contributed by atoms with van der Waals surface area (Å²) in [6.07, 6.45) is 0. The van der Waals surface area contributed by atoms with Crippen molar-refractivity contribution in [2.75, 3.05) is 7.11 Å². The third-order valence-electron chi connectivity index (χ3n) is 4.28. The fraction of sp³-hybridized carbons (Fsp3) is 0.0952. The molecule has 0 spiro atoms. The molecule has 9 heteroatoms. The van der Waals surface area contributed by atoms with Crippen molar-refractivity contribution in [3.8, 4) is 5.75 Å². The maximum absolute atomic E-state index is 12.7. The fourth-order valence-electron chi connectivity index (χ4n) is 2.71. The number of hydrogen-bond acceptors (Lipinski definition) is 6. The van der Waals surface area contributed by atoms with Gasteiger partial charge in [0.2, 0.25) is 0 Å². The fourth-order valence-corrected chi connectivity index (χ4v) is 3.52. The van der Waals surface area contributed by atoms with Crippen LogP contribution >= 0.6 is 0 Å². The van der Waals surface area contributed by atoms with Crippen LogP contribution in [0.15, 0.2) is 82.8 Å². The van der Waals surface area contributed by atoms with Crippen molar-refractivity contribution < 1.29 is 18.1 Å². The second-order valence-electron chi connectivity index (χ2n) is 6.41. The zero-order valence-electron chi connectivity index (χ0n) is 16.3. The first-order valence-corrected chi connectivity index (χ1v) is 10.3. The number of nitrogens with one attached hydrogen (secondary N) is 1. The van der Waals surface area contributed by atoms with Crippen molar-refractivity contribution >= 4 is 21.4 Å². The molecule has 0 unspecified atom stereocenters. The Morgan fingerprint density at radius 1 is 1.00 bits per heavy atom. The molecule has 0 bridgehead atoms. The molecule has 30 heavy (non-hydrogen) atoms. The van der Waals surface area contributed by atoms with Crippen LogP contribution < -0.4 is 9.57 Å². The Balaban J connectivity index is 2.08. The standard InChI is InChI=1S/C21H19N3O5S/c1-15-9-11-20(12-10-15)30(27,28)23-22-21(17-6-4-8-19(14-17)29-2)16-5-3-7-18(13-16)24(25)26/h3-14,23H,1-2H3/b22-21+. The molecule has 0 atom stereocenters. The van der Waals surface area contributed by atoms with Gasteiger partial charge in [-0.15, -0.1) is 0 Å². The van der Waals surface area contributed by atoms with Gasteiger partial charge in [-0.05, 0) is 31.2 Å². The second kappa shape index (κ2) is 8.75. The number of hydrogen-bond donors (Lipinski definition) is 1. The molecule has 3 rings (SSSR count). The van der Waals surface area contributed by atoms with Crippen molar-refractivity contribution in [3.63, 3.8) is 0 Å². The van der Waals surface area contributed by atoms with Gasteiger partial charge in [-0.3, -0.25) is 10.1 Å². The van der Waals surface area contributed by atoms with E-state index in [0.29, 0.717) is 16.9 Å². The summed E-state index contributed by atoms with van der Waals surface area (Å²) >= 11 is 0. The molecule has 3 aromatic rings. The Hall–Kier alpha value is -3.72. The number of ether oxygens (including phenoxy) is 1. The SMILES string of the molecule is COc1cccc(/C(=N/NS(=O)(=O)c2ccc(C)cc2)c2cccc([N+](=O)[O-])c2)c1. The quantitative estimate of drug-likeness (QED) is 0.353. The smallest absolute Gasteiger partial charge is 0.276 e. The number of non-ortho nitro benzene ring substituents is 1. The largest absolute Gasteiger partial charge is 0.497 e. The molecule has 0 aliphatic rings. The van der Waals surface area contributed by atoms with Crippen molar-refractivity contribution in [1.82, 2.24) is 4.83 Å². The molecule has 0 aliphatic heterocycles. The van der Waals surface area contributed by atoms with Crippen LogP contribution in [0.1, 0.15) is 16.7 Å². The highest BCUT2D eigenvalue weighted by Gasteiger charge is 2.16. The van der Waals surface area contributed by atoms with Gasteiger partial charge in [0.1, 0.15) is 5.75 Å². The van der Waals surface area contributed by atoms with E-state index in [1.165, 1.54) is 37.4 Å². The van der Waals surface area contributed by atoms with Crippen LogP contribution in [0.4, 0.5) is 5.69 Å². The number of nitro groups is 1. The van der Waals surface area contributed by atoms with E-state index < -0.39 is 14.9 Å². The lowest BCUT2D eigenvalue weighted by molar-refractivity contribution is -0.384. The molecule has 0 aromatic heterocycles. The van der Waals surface area contributed by atoms with E-state index in [0.717, 1.165) is 5.56 Å². The monoisotopic (exact) mass is 425 g/mol. The van der Waals surface area contributed by atoms with E-state index in [-0.39, 0.29) is 16.3 Å². The van der Waals surface area contributed by atoms with E-state index in [4.69, 9.17) is 4.74 Å². The minimum absolute atomic E-state index is 0.0564. The molecule has 154 valence electrons. The molecule has 0 amide bonds. The average molecular weight is 425 g/mol. The molecule has 3 aromatic carbocycles. The third kappa shape index (κ3) is 4.81. The van der Waals surface area contributed by atoms with E-state index in [1.807, 2.05) is 6.92 Å². The van der Waals surface area contributed by atoms with Crippen LogP contribution in [-0.4, -0.2) is 26.2 Å². The van der Waals surface area contributed by atoms with Crippen molar-refractivity contribution in [3.05, 3.63) is 99.6 Å². The Morgan fingerprint density at radius 2 is 1.63 bits per heavy atom. The van der Waals surface area contributed by atoms with Gasteiger partial charge in [0, 0.05) is 23.3 Å². The summed E-state index contributed by atoms with van der Waals surface area (Å²) in [4.78, 5) is 12.9. The maximum atomic E-state index is 12.7. The summed E-state index contributed by atoms with van der Waals surface area (Å²) in [5.74, 6) is 0.534. The number of aryl methyl sites for hydroxylation is 1. The summed E-state index contributed by atoms with van der Waals surface area (Å²) < 4.78 is 30.5. The van der Waals surface area contributed by atoms with Gasteiger partial charge < -0.3 is 4.74 Å². The van der Waals surface area contributed by atoms with E-state index >= 15 is 0 Å². The lowest BCUT2D eigenvalue weighted by Gasteiger charge is -2.10. The second-order valence-corrected chi connectivity index (χ2v) is 8.07. The molecular weight excluding hydrogens is 406 g/mol. The number of nitro benzene ring substituents is 1. The van der Waals surface area contributed by atoms with E-state index in [1.54, 1.807) is 42.5 Å². The number of nitrogens with zero attached hydrogens (tertiary/aromatic N) is 2. The lowest BCUT2D eigenvalue weighted by Crippen LogP contribution is -2.21. The van der Waals surface area contributed by atoms with E-state index in [2.05, 4.69) is 9.93 Å². The highest BCUT2D eigenvalue weighted by Crippen LogP contribution is 2.21. The van der Waals surface area contributed by atoms with Gasteiger partial charge >= 0.3 is 0 Å². The normalized spacial score (nSPS) is 11.7. The number of rotatable bonds is 7. The number of hydrazone groups is 1. The molecule has 8 nitrogen and oxygen atoms in total. The summed E-state index contributed by atoms with van der Waals surface area (Å²) in [5, 5.41) is 15.3. The predicted octanol–water partition coefficient (Wildman–Crippen LogP) is 3.64. The summed E-state index contributed by atoms with van der Waals surface area (Å²) in [5.41, 5.74) is 1.91. The minimum atomic E-state index is -3.93. The van der Waals surface area contributed by atoms with Crippen LogP contribution in [0.25, 0.3) is 0 Å². The summed E-state index contributed by atoms with van der Waals surface area (Å²) in [6, 6.07) is 18.9. The molecular formula is C21H19N3O5S. The molecule has 0 aliphatic carbocycles. The highest BCUT2D eigenvalue weighted by molar-refractivity contribution is 7.89. The third-order valence-corrected chi connectivity index (χ3v) is 5.51. The van der Waals surface area contributed by atoms with Crippen LogP contribution in [0.2, 0.25) is 0 Å². The van der Waals surface area contributed by atoms with Crippen LogP contribution in [0, 0.1) is 17.0 Å². The molecule has 0 heterocycles. The lowest BCUT2D eigenvalue weighted by atomic mass is 10.0. The van der Waals surface area contributed by atoms with Gasteiger partial charge in [-0.2, -0.15) is 18.4 Å². The summed E-state index contributed by atoms with van der Waals surface area (Å²) in [7, 11) is -2.43. The number of sulfonamides is 1. The summed E-state index contributed by atoms with van der Waals surface area (Å²) in [6.45, 7) is 1.85. The topological polar surface area (TPSA) is 111 Å². The van der Waals surface area contributed by atoms with Crippen LogP contribution in [0.3, 0.4) is 0 Å². The van der Waals surface area contributed by atoms with Crippen LogP contribution in [0.5, 0.6) is 5.75 Å². The first-order valence-electron chi connectivity index (χ1n) is 8.85. The molecule has 0 radical (unpaired) electrons. The zero-order chi connectivity index (χ0) is 21.7. The Morgan fingerprint density at radius 3 is 2.27 bits per heavy atom. The highest BCUT2D eigenvalue weighted by atomic mass is 32.2. The first-order chi connectivity index (χ1) is 14.3. The molecule has 1 N–H and O–H groups in total. The number of benzene rings is 3. The predicted molar refractivity (Wildman–Crippen MR) is 113 cm³/mol. The maximum Gasteiger partial charge on any atom is 0.276 e. The Labute approximate surface area is 174 Å². The van der Waals surface area contributed by atoms with E-state index in [9.17, 15) is 18.5 Å². The minimum Gasteiger partial charge on any atom is -0.497 e. The Bertz CT molecular complexity index is 1210. The van der Waals surface area contributed by atoms with Gasteiger partial charge in [0.25, 0.3) is 15.7 Å². The average Bonchev–Trinajstić information content (AvgIpc) is 2.74. The number of methoxy groups -OCH3 is 1. The van der Waals surface area contributed by atoms with Gasteiger partial charge in [-0.1, -0.05) is 42.0 Å². The van der Waals surface area contributed by atoms with Gasteiger partial charge in [0.05, 0.1) is 22.6 Å². The molecule has 0 saturated carbocycles. The van der Waals surface area contributed by atoms with Gasteiger partial charge in [0.15, 0.2) is 0 Å². The van der Waals surface area contributed by atoms with Crippen molar-refractivity contribution in [2.45, 2.75) is 11.8 Å². The van der Waals surface area contributed by atoms with Crippen molar-refractivity contribution in [2.24, 2.45) is 5.10 Å². The van der Waals surface area contributed by atoms with Gasteiger partial charge in [-0.25, -0.2) is 0 Å². The van der Waals surface area contributed by atoms with Crippen LogP contribution in [-0.2, 0) is 10.0 Å². The first kappa shape index (κ1) is 21.0. The molecule has 0 saturated heterocycles.